The van der Waals surface area contributed by atoms with Gasteiger partial charge in [-0.05, 0) is 68.1 Å². The molecule has 0 saturated heterocycles. The molecule has 0 fully saturated rings. The normalized spacial score (nSPS) is 11.5. The van der Waals surface area contributed by atoms with Crippen LogP contribution in [0.15, 0.2) is 35.2 Å². The van der Waals surface area contributed by atoms with Gasteiger partial charge in [-0.2, -0.15) is 0 Å². The lowest BCUT2D eigenvalue weighted by Gasteiger charge is -2.23. The topological polar surface area (TPSA) is 37.4 Å². The van der Waals surface area contributed by atoms with Gasteiger partial charge >= 0.3 is 0 Å². The number of anilines is 1. The minimum Gasteiger partial charge on any atom is -0.269 e. The molecule has 0 bridgehead atoms. The first-order chi connectivity index (χ1) is 10.2. The van der Waals surface area contributed by atoms with Crippen molar-refractivity contribution < 1.29 is 8.42 Å². The van der Waals surface area contributed by atoms with E-state index in [1.54, 1.807) is 31.3 Å². The summed E-state index contributed by atoms with van der Waals surface area (Å²) in [7, 11) is -2.09. The Hall–Kier alpha value is -1.52. The van der Waals surface area contributed by atoms with Crippen molar-refractivity contribution in [2.45, 2.75) is 32.6 Å². The van der Waals surface area contributed by atoms with Crippen LogP contribution in [0.3, 0.4) is 0 Å². The lowest BCUT2D eigenvalue weighted by molar-refractivity contribution is 0.593. The molecule has 0 N–H and O–H groups in total. The van der Waals surface area contributed by atoms with Crippen LogP contribution in [0, 0.1) is 27.7 Å². The Morgan fingerprint density at radius 1 is 0.955 bits per heavy atom. The first kappa shape index (κ1) is 16.8. The fraction of sp³-hybridized carbons (Fsp3) is 0.294. The van der Waals surface area contributed by atoms with Gasteiger partial charge in [-0.25, -0.2) is 8.42 Å². The second-order valence-electron chi connectivity index (χ2n) is 5.54. The maximum Gasteiger partial charge on any atom is 0.264 e. The van der Waals surface area contributed by atoms with Gasteiger partial charge in [0.25, 0.3) is 10.0 Å². The number of aryl methyl sites for hydroxylation is 2. The van der Waals surface area contributed by atoms with E-state index in [-0.39, 0.29) is 0 Å². The van der Waals surface area contributed by atoms with Gasteiger partial charge in [-0.15, -0.1) is 0 Å². The number of halogens is 1. The molecule has 0 radical (unpaired) electrons. The zero-order valence-corrected chi connectivity index (χ0v) is 15.0. The molecule has 118 valence electrons. The third kappa shape index (κ3) is 2.85. The number of nitrogens with zero attached hydrogens (tertiary/aromatic N) is 1. The van der Waals surface area contributed by atoms with E-state index in [9.17, 15) is 8.42 Å². The maximum absolute atomic E-state index is 13.1. The molecule has 2 aromatic carbocycles. The first-order valence-electron chi connectivity index (χ1n) is 6.98. The molecule has 0 saturated carbocycles. The summed E-state index contributed by atoms with van der Waals surface area (Å²) in [5, 5.41) is 0.508. The molecule has 0 aliphatic heterocycles. The van der Waals surface area contributed by atoms with Gasteiger partial charge in [0, 0.05) is 12.1 Å². The smallest absolute Gasteiger partial charge is 0.264 e. The second kappa shape index (κ2) is 5.94. The van der Waals surface area contributed by atoms with Gasteiger partial charge in [0.15, 0.2) is 0 Å². The summed E-state index contributed by atoms with van der Waals surface area (Å²) in [6.45, 7) is 7.56. The maximum atomic E-state index is 13.1. The monoisotopic (exact) mass is 337 g/mol. The van der Waals surface area contributed by atoms with Crippen LogP contribution in [0.5, 0.6) is 0 Å². The summed E-state index contributed by atoms with van der Waals surface area (Å²) in [4.78, 5) is 0.382. The predicted octanol–water partition coefficient (Wildman–Crippen LogP) is 4.40. The van der Waals surface area contributed by atoms with E-state index in [1.807, 2.05) is 33.8 Å². The largest absolute Gasteiger partial charge is 0.269 e. The van der Waals surface area contributed by atoms with Gasteiger partial charge in [0.05, 0.1) is 10.6 Å². The van der Waals surface area contributed by atoms with Crippen molar-refractivity contribution in [3.05, 3.63) is 57.6 Å². The first-order valence-corrected chi connectivity index (χ1v) is 8.80. The molecular formula is C17H20ClNO2S. The van der Waals surface area contributed by atoms with Crippen LogP contribution >= 0.6 is 11.6 Å². The van der Waals surface area contributed by atoms with Crippen LogP contribution in [0.1, 0.15) is 22.3 Å². The van der Waals surface area contributed by atoms with Crippen molar-refractivity contribution in [1.29, 1.82) is 0 Å². The fourth-order valence-corrected chi connectivity index (χ4v) is 4.46. The van der Waals surface area contributed by atoms with Gasteiger partial charge in [0.2, 0.25) is 0 Å². The summed E-state index contributed by atoms with van der Waals surface area (Å²) in [6, 6.07) is 8.86. The summed E-state index contributed by atoms with van der Waals surface area (Å²) >= 11 is 5.98. The van der Waals surface area contributed by atoms with E-state index in [0.29, 0.717) is 15.6 Å². The van der Waals surface area contributed by atoms with Gasteiger partial charge < -0.3 is 0 Å². The molecule has 5 heteroatoms. The Kier molecular flexibility index (Phi) is 4.54. The Labute approximate surface area is 137 Å². The van der Waals surface area contributed by atoms with Gasteiger partial charge in [-0.1, -0.05) is 23.7 Å². The van der Waals surface area contributed by atoms with Crippen molar-refractivity contribution in [3.63, 3.8) is 0 Å². The SMILES string of the molecule is Cc1cc(C)c(C)c(S(=O)(=O)N(C)c2cccc(Cl)c2)c1C. The molecule has 0 aliphatic rings. The molecule has 3 nitrogen and oxygen atoms in total. The van der Waals surface area contributed by atoms with Crippen LogP contribution in [0.25, 0.3) is 0 Å². The molecule has 0 heterocycles. The average Bonchev–Trinajstić information content (AvgIpc) is 2.44. The minimum atomic E-state index is -3.64. The number of hydrogen-bond acceptors (Lipinski definition) is 2. The molecule has 0 unspecified atom stereocenters. The van der Waals surface area contributed by atoms with E-state index < -0.39 is 10.0 Å². The number of benzene rings is 2. The molecule has 0 atom stereocenters. The van der Waals surface area contributed by atoms with E-state index >= 15 is 0 Å². The average molecular weight is 338 g/mol. The quantitative estimate of drug-likeness (QED) is 0.832. The highest BCUT2D eigenvalue weighted by atomic mass is 35.5. The van der Waals surface area contributed by atoms with Crippen LogP contribution in [0.2, 0.25) is 5.02 Å². The van der Waals surface area contributed by atoms with Crippen molar-refractivity contribution in [2.24, 2.45) is 0 Å². The lowest BCUT2D eigenvalue weighted by atomic mass is 10.0. The third-order valence-electron chi connectivity index (χ3n) is 4.09. The predicted molar refractivity (Wildman–Crippen MR) is 92.4 cm³/mol. The summed E-state index contributed by atoms with van der Waals surface area (Å²) < 4.78 is 27.4. The molecule has 0 amide bonds. The molecule has 0 aliphatic carbocycles. The highest BCUT2D eigenvalue weighted by Crippen LogP contribution is 2.31. The fourth-order valence-electron chi connectivity index (χ4n) is 2.52. The van der Waals surface area contributed by atoms with Gasteiger partial charge in [0.1, 0.15) is 0 Å². The Balaban J connectivity index is 2.66. The van der Waals surface area contributed by atoms with E-state index in [1.165, 1.54) is 4.31 Å². The highest BCUT2D eigenvalue weighted by molar-refractivity contribution is 7.92. The van der Waals surface area contributed by atoms with E-state index in [4.69, 9.17) is 11.6 Å². The molecule has 22 heavy (non-hydrogen) atoms. The summed E-state index contributed by atoms with van der Waals surface area (Å²) in [5.74, 6) is 0. The number of hydrogen-bond donors (Lipinski definition) is 0. The third-order valence-corrected chi connectivity index (χ3v) is 6.38. The number of rotatable bonds is 3. The zero-order valence-electron chi connectivity index (χ0n) is 13.4. The Bertz CT molecular complexity index is 803. The number of sulfonamides is 1. The zero-order chi connectivity index (χ0) is 16.7. The molecular weight excluding hydrogens is 318 g/mol. The molecule has 0 aromatic heterocycles. The van der Waals surface area contributed by atoms with Crippen molar-refractivity contribution in [2.75, 3.05) is 11.4 Å². The Morgan fingerprint density at radius 3 is 2.00 bits per heavy atom. The summed E-state index contributed by atoms with van der Waals surface area (Å²) in [6.07, 6.45) is 0. The highest BCUT2D eigenvalue weighted by Gasteiger charge is 2.27. The van der Waals surface area contributed by atoms with Crippen molar-refractivity contribution in [3.8, 4) is 0 Å². The van der Waals surface area contributed by atoms with Crippen LogP contribution in [0.4, 0.5) is 5.69 Å². The van der Waals surface area contributed by atoms with E-state index in [2.05, 4.69) is 0 Å². The molecule has 2 aromatic rings. The van der Waals surface area contributed by atoms with Crippen molar-refractivity contribution in [1.82, 2.24) is 0 Å². The van der Waals surface area contributed by atoms with Crippen LogP contribution < -0.4 is 4.31 Å². The van der Waals surface area contributed by atoms with Crippen LogP contribution in [-0.2, 0) is 10.0 Å². The summed E-state index contributed by atoms with van der Waals surface area (Å²) in [5.41, 5.74) is 4.07. The minimum absolute atomic E-state index is 0.382. The van der Waals surface area contributed by atoms with Crippen molar-refractivity contribution >= 4 is 27.3 Å². The second-order valence-corrected chi connectivity index (χ2v) is 7.88. The van der Waals surface area contributed by atoms with Crippen LogP contribution in [-0.4, -0.2) is 15.5 Å². The Morgan fingerprint density at radius 2 is 1.50 bits per heavy atom. The van der Waals surface area contributed by atoms with E-state index in [0.717, 1.165) is 22.3 Å². The van der Waals surface area contributed by atoms with Gasteiger partial charge in [-0.3, -0.25) is 4.31 Å². The standard InChI is InChI=1S/C17H20ClNO2S/c1-11-9-12(2)14(4)17(13(11)3)22(20,21)19(5)16-8-6-7-15(18)10-16/h6-10H,1-5H3. The molecule has 0 spiro atoms. The lowest BCUT2D eigenvalue weighted by Crippen LogP contribution is -2.28. The molecule has 2 rings (SSSR count).